The van der Waals surface area contributed by atoms with Crippen LogP contribution in [0.4, 0.5) is 0 Å². The molecule has 118 valence electrons. The van der Waals surface area contributed by atoms with E-state index in [0.29, 0.717) is 18.6 Å². The molecule has 0 saturated carbocycles. The van der Waals surface area contributed by atoms with E-state index < -0.39 is 0 Å². The van der Waals surface area contributed by atoms with Crippen LogP contribution in [0, 0.1) is 0 Å². The summed E-state index contributed by atoms with van der Waals surface area (Å²) in [5.74, 6) is -0.211. The van der Waals surface area contributed by atoms with Crippen LogP contribution in [0.25, 0.3) is 0 Å². The Morgan fingerprint density at radius 3 is 2.52 bits per heavy atom. The summed E-state index contributed by atoms with van der Waals surface area (Å²) in [4.78, 5) is 11.6. The number of carbonyl (C=O) groups is 1. The van der Waals surface area contributed by atoms with Crippen molar-refractivity contribution >= 4 is 5.97 Å². The van der Waals surface area contributed by atoms with Crippen molar-refractivity contribution in [3.05, 3.63) is 23.8 Å². The zero-order chi connectivity index (χ0) is 15.5. The second-order valence-electron chi connectivity index (χ2n) is 5.30. The van der Waals surface area contributed by atoms with E-state index in [2.05, 4.69) is 6.92 Å². The Bertz CT molecular complexity index is 429. The molecule has 0 heterocycles. The average Bonchev–Trinajstić information content (AvgIpc) is 2.45. The molecular formula is C17H26O4. The third-order valence-electron chi connectivity index (χ3n) is 3.43. The molecule has 0 spiro atoms. The molecule has 1 rings (SSSR count). The van der Waals surface area contributed by atoms with Gasteiger partial charge in [0.2, 0.25) is 0 Å². The highest BCUT2D eigenvalue weighted by molar-refractivity contribution is 5.69. The largest absolute Gasteiger partial charge is 0.508 e. The molecular weight excluding hydrogens is 268 g/mol. The summed E-state index contributed by atoms with van der Waals surface area (Å²) in [6.45, 7) is 2.67. The maximum Gasteiger partial charge on any atom is 0.306 e. The van der Waals surface area contributed by atoms with Crippen molar-refractivity contribution in [3.63, 3.8) is 0 Å². The molecule has 4 heteroatoms. The predicted molar refractivity (Wildman–Crippen MR) is 82.4 cm³/mol. The minimum Gasteiger partial charge on any atom is -0.508 e. The normalized spacial score (nSPS) is 10.5. The predicted octanol–water partition coefficient (Wildman–Crippen LogP) is 3.93. The summed E-state index contributed by atoms with van der Waals surface area (Å²) >= 11 is 0. The van der Waals surface area contributed by atoms with Gasteiger partial charge in [0.1, 0.15) is 11.5 Å². The fourth-order valence-electron chi connectivity index (χ4n) is 2.14. The zero-order valence-corrected chi connectivity index (χ0v) is 12.8. The molecule has 4 nitrogen and oxygen atoms in total. The molecule has 0 aliphatic carbocycles. The number of esters is 1. The number of rotatable bonds is 10. The number of aromatic hydroxyl groups is 2. The van der Waals surface area contributed by atoms with Crippen LogP contribution < -0.4 is 0 Å². The molecule has 1 aromatic carbocycles. The van der Waals surface area contributed by atoms with E-state index in [1.54, 1.807) is 6.07 Å². The van der Waals surface area contributed by atoms with Gasteiger partial charge in [0.25, 0.3) is 0 Å². The van der Waals surface area contributed by atoms with Gasteiger partial charge >= 0.3 is 5.97 Å². The first-order chi connectivity index (χ1) is 10.1. The van der Waals surface area contributed by atoms with Crippen LogP contribution in [0.5, 0.6) is 11.5 Å². The highest BCUT2D eigenvalue weighted by Gasteiger charge is 2.07. The van der Waals surface area contributed by atoms with Crippen molar-refractivity contribution in [1.82, 2.24) is 0 Å². The van der Waals surface area contributed by atoms with E-state index >= 15 is 0 Å². The summed E-state index contributed by atoms with van der Waals surface area (Å²) in [5.41, 5.74) is 0.643. The maximum absolute atomic E-state index is 11.6. The Hall–Kier alpha value is -1.71. The molecule has 0 aliphatic heterocycles. The molecule has 1 aromatic rings. The molecule has 0 aromatic heterocycles. The summed E-state index contributed by atoms with van der Waals surface area (Å²) in [5, 5.41) is 18.8. The lowest BCUT2D eigenvalue weighted by molar-refractivity contribution is -0.143. The minimum absolute atomic E-state index is 0.0127. The number of hydrogen-bond acceptors (Lipinski definition) is 4. The second-order valence-corrected chi connectivity index (χ2v) is 5.30. The Kier molecular flexibility index (Phi) is 8.32. The molecule has 2 N–H and O–H groups in total. The first kappa shape index (κ1) is 17.3. The number of carbonyl (C=O) groups excluding carboxylic acids is 1. The summed E-state index contributed by atoms with van der Waals surface area (Å²) in [7, 11) is 0. The van der Waals surface area contributed by atoms with Gasteiger partial charge in [0.05, 0.1) is 6.61 Å². The van der Waals surface area contributed by atoms with Gasteiger partial charge in [-0.15, -0.1) is 0 Å². The number of hydrogen-bond donors (Lipinski definition) is 2. The molecule has 0 bridgehead atoms. The number of benzene rings is 1. The van der Waals surface area contributed by atoms with Crippen molar-refractivity contribution in [3.8, 4) is 11.5 Å². The smallest absolute Gasteiger partial charge is 0.306 e. The minimum atomic E-state index is -0.240. The van der Waals surface area contributed by atoms with Crippen LogP contribution in [-0.4, -0.2) is 22.8 Å². The molecule has 0 aliphatic rings. The van der Waals surface area contributed by atoms with Gasteiger partial charge in [0, 0.05) is 12.5 Å². The van der Waals surface area contributed by atoms with Crippen LogP contribution in [0.3, 0.4) is 0 Å². The fraction of sp³-hybridized carbons (Fsp3) is 0.588. The SMILES string of the molecule is CCCCCCCCOC(=O)CCc1ccc(O)cc1O. The third-order valence-corrected chi connectivity index (χ3v) is 3.43. The topological polar surface area (TPSA) is 66.8 Å². The van der Waals surface area contributed by atoms with Gasteiger partial charge in [-0.2, -0.15) is 0 Å². The van der Waals surface area contributed by atoms with Gasteiger partial charge in [-0.3, -0.25) is 4.79 Å². The molecule has 0 atom stereocenters. The highest BCUT2D eigenvalue weighted by Crippen LogP contribution is 2.23. The molecule has 0 unspecified atom stereocenters. The van der Waals surface area contributed by atoms with E-state index in [4.69, 9.17) is 4.74 Å². The van der Waals surface area contributed by atoms with Crippen molar-refractivity contribution < 1.29 is 19.7 Å². The number of phenolic OH excluding ortho intramolecular Hbond substituents is 2. The van der Waals surface area contributed by atoms with Crippen molar-refractivity contribution in [2.75, 3.05) is 6.61 Å². The number of ether oxygens (including phenoxy) is 1. The third kappa shape index (κ3) is 7.59. The summed E-state index contributed by atoms with van der Waals surface area (Å²) in [6.07, 6.45) is 7.65. The standard InChI is InChI=1S/C17H26O4/c1-2-3-4-5-6-7-12-21-17(20)11-9-14-8-10-15(18)13-16(14)19/h8,10,13,18-19H,2-7,9,11-12H2,1H3. The lowest BCUT2D eigenvalue weighted by atomic mass is 10.1. The monoisotopic (exact) mass is 294 g/mol. The summed E-state index contributed by atoms with van der Waals surface area (Å²) in [6, 6.07) is 4.39. The first-order valence-electron chi connectivity index (χ1n) is 7.80. The summed E-state index contributed by atoms with van der Waals surface area (Å²) < 4.78 is 5.16. The van der Waals surface area contributed by atoms with E-state index in [-0.39, 0.29) is 23.9 Å². The Balaban J connectivity index is 2.11. The molecule has 0 saturated heterocycles. The molecule has 0 fully saturated rings. The van der Waals surface area contributed by atoms with Crippen molar-refractivity contribution in [2.24, 2.45) is 0 Å². The van der Waals surface area contributed by atoms with Gasteiger partial charge < -0.3 is 14.9 Å². The molecule has 0 amide bonds. The van der Waals surface area contributed by atoms with Crippen LogP contribution in [0.15, 0.2) is 18.2 Å². The van der Waals surface area contributed by atoms with E-state index in [0.717, 1.165) is 12.8 Å². The van der Waals surface area contributed by atoms with Gasteiger partial charge in [0.15, 0.2) is 0 Å². The second kappa shape index (κ2) is 10.1. The molecule has 0 radical (unpaired) electrons. The van der Waals surface area contributed by atoms with Crippen molar-refractivity contribution in [2.45, 2.75) is 58.3 Å². The maximum atomic E-state index is 11.6. The van der Waals surface area contributed by atoms with Crippen LogP contribution in [0.1, 0.15) is 57.4 Å². The Morgan fingerprint density at radius 1 is 1.10 bits per heavy atom. The molecule has 21 heavy (non-hydrogen) atoms. The Morgan fingerprint density at radius 2 is 1.81 bits per heavy atom. The van der Waals surface area contributed by atoms with Crippen molar-refractivity contribution in [1.29, 1.82) is 0 Å². The van der Waals surface area contributed by atoms with Crippen LogP contribution in [-0.2, 0) is 16.0 Å². The first-order valence-corrected chi connectivity index (χ1v) is 7.80. The highest BCUT2D eigenvalue weighted by atomic mass is 16.5. The fourth-order valence-corrected chi connectivity index (χ4v) is 2.14. The van der Waals surface area contributed by atoms with Crippen LogP contribution >= 0.6 is 0 Å². The quantitative estimate of drug-likeness (QED) is 0.507. The lowest BCUT2D eigenvalue weighted by Crippen LogP contribution is -2.07. The van der Waals surface area contributed by atoms with Gasteiger partial charge in [-0.05, 0) is 24.5 Å². The number of phenols is 2. The lowest BCUT2D eigenvalue weighted by Gasteiger charge is -2.06. The van der Waals surface area contributed by atoms with E-state index in [1.807, 2.05) is 0 Å². The van der Waals surface area contributed by atoms with E-state index in [9.17, 15) is 15.0 Å². The Labute approximate surface area is 126 Å². The number of unbranched alkanes of at least 4 members (excludes halogenated alkanes) is 5. The van der Waals surface area contributed by atoms with Gasteiger partial charge in [-0.1, -0.05) is 45.1 Å². The van der Waals surface area contributed by atoms with E-state index in [1.165, 1.54) is 37.8 Å². The van der Waals surface area contributed by atoms with Crippen LogP contribution in [0.2, 0.25) is 0 Å². The number of aryl methyl sites for hydroxylation is 1. The van der Waals surface area contributed by atoms with Gasteiger partial charge in [-0.25, -0.2) is 0 Å². The zero-order valence-electron chi connectivity index (χ0n) is 12.8. The average molecular weight is 294 g/mol.